The Morgan fingerprint density at radius 3 is 2.91 bits per heavy atom. The Balaban J connectivity index is 1.72. The van der Waals surface area contributed by atoms with E-state index in [1.807, 2.05) is 0 Å². The number of ether oxygens (including phenoxy) is 1. The van der Waals surface area contributed by atoms with Crippen LogP contribution in [0.5, 0.6) is 0 Å². The van der Waals surface area contributed by atoms with Crippen molar-refractivity contribution < 1.29 is 4.74 Å². The molecule has 1 atom stereocenters. The number of nitrogens with zero attached hydrogens (tertiary/aromatic N) is 2. The van der Waals surface area contributed by atoms with Crippen molar-refractivity contribution in [1.82, 2.24) is 15.6 Å². The van der Waals surface area contributed by atoms with Crippen LogP contribution in [0.4, 0.5) is 0 Å². The van der Waals surface area contributed by atoms with Crippen molar-refractivity contribution in [3.63, 3.8) is 0 Å². The fourth-order valence-corrected chi connectivity index (χ4v) is 2.88. The Labute approximate surface area is 144 Å². The van der Waals surface area contributed by atoms with Gasteiger partial charge in [0.15, 0.2) is 5.11 Å². The average Bonchev–Trinajstić information content (AvgIpc) is 2.55. The molecule has 0 saturated carbocycles. The number of allylic oxidation sites excluding steroid dienone is 3. The second-order valence-corrected chi connectivity index (χ2v) is 6.66. The van der Waals surface area contributed by atoms with Crippen LogP contribution in [0.15, 0.2) is 28.9 Å². The lowest BCUT2D eigenvalue weighted by Gasteiger charge is -2.26. The molecule has 0 amide bonds. The Morgan fingerprint density at radius 2 is 2.22 bits per heavy atom. The first-order valence-corrected chi connectivity index (χ1v) is 8.70. The molecule has 0 bridgehead atoms. The molecule has 128 valence electrons. The SMILES string of the molecule is C=C(C)[C@H]1CC=C(C)C(=NNC(=S)NCCN2CCOCC2)C1. The zero-order valence-corrected chi connectivity index (χ0v) is 15.0. The van der Waals surface area contributed by atoms with E-state index in [-0.39, 0.29) is 0 Å². The van der Waals surface area contributed by atoms with E-state index in [2.05, 4.69) is 47.2 Å². The van der Waals surface area contributed by atoms with Crippen LogP contribution in [-0.2, 0) is 4.74 Å². The van der Waals surface area contributed by atoms with E-state index in [4.69, 9.17) is 17.0 Å². The molecule has 1 aliphatic heterocycles. The van der Waals surface area contributed by atoms with Gasteiger partial charge in [-0.3, -0.25) is 10.3 Å². The summed E-state index contributed by atoms with van der Waals surface area (Å²) in [5, 5.41) is 8.27. The third-order valence-corrected chi connectivity index (χ3v) is 4.65. The maximum absolute atomic E-state index is 5.34. The molecule has 0 unspecified atom stereocenters. The van der Waals surface area contributed by atoms with Gasteiger partial charge in [0.2, 0.25) is 0 Å². The van der Waals surface area contributed by atoms with E-state index in [1.165, 1.54) is 11.1 Å². The lowest BCUT2D eigenvalue weighted by molar-refractivity contribution is 0.0389. The highest BCUT2D eigenvalue weighted by atomic mass is 32.1. The minimum absolute atomic E-state index is 0.488. The number of rotatable bonds is 5. The molecule has 0 aromatic rings. The standard InChI is InChI=1S/C17H28N4OS/c1-13(2)15-5-4-14(3)16(12-15)19-20-17(23)18-6-7-21-8-10-22-11-9-21/h4,15H,1,5-12H2,2-3H3,(H2,18,20,23)/t15-/m0/s1. The van der Waals surface area contributed by atoms with E-state index in [0.29, 0.717) is 11.0 Å². The Hall–Kier alpha value is -1.24. The number of thiocarbonyl (C=S) groups is 1. The van der Waals surface area contributed by atoms with Crippen LogP contribution in [0, 0.1) is 5.92 Å². The summed E-state index contributed by atoms with van der Waals surface area (Å²) in [5.41, 5.74) is 6.49. The lowest BCUT2D eigenvalue weighted by Crippen LogP contribution is -2.43. The summed E-state index contributed by atoms with van der Waals surface area (Å²) in [4.78, 5) is 2.37. The summed E-state index contributed by atoms with van der Waals surface area (Å²) in [6.45, 7) is 13.7. The van der Waals surface area contributed by atoms with Crippen molar-refractivity contribution >= 4 is 23.0 Å². The van der Waals surface area contributed by atoms with Gasteiger partial charge in [-0.25, -0.2) is 0 Å². The zero-order valence-electron chi connectivity index (χ0n) is 14.2. The maximum atomic E-state index is 5.34. The summed E-state index contributed by atoms with van der Waals surface area (Å²) >= 11 is 5.30. The van der Waals surface area contributed by atoms with Crippen LogP contribution >= 0.6 is 12.2 Å². The molecule has 5 nitrogen and oxygen atoms in total. The third kappa shape index (κ3) is 6.05. The topological polar surface area (TPSA) is 48.9 Å². The molecule has 0 spiro atoms. The molecule has 1 saturated heterocycles. The van der Waals surface area contributed by atoms with Crippen molar-refractivity contribution in [3.8, 4) is 0 Å². The minimum atomic E-state index is 0.488. The molecule has 0 aromatic carbocycles. The largest absolute Gasteiger partial charge is 0.379 e. The molecular formula is C17H28N4OS. The van der Waals surface area contributed by atoms with Gasteiger partial charge in [0.25, 0.3) is 0 Å². The fraction of sp³-hybridized carbons (Fsp3) is 0.647. The summed E-state index contributed by atoms with van der Waals surface area (Å²) in [7, 11) is 0. The molecule has 23 heavy (non-hydrogen) atoms. The first-order chi connectivity index (χ1) is 11.1. The smallest absolute Gasteiger partial charge is 0.187 e. The molecule has 0 radical (unpaired) electrons. The Kier molecular flexibility index (Phi) is 7.20. The predicted octanol–water partition coefficient (Wildman–Crippen LogP) is 2.07. The summed E-state index contributed by atoms with van der Waals surface area (Å²) in [6, 6.07) is 0. The third-order valence-electron chi connectivity index (χ3n) is 4.41. The van der Waals surface area contributed by atoms with Crippen molar-refractivity contribution in [2.75, 3.05) is 39.4 Å². The summed E-state index contributed by atoms with van der Waals surface area (Å²) in [6.07, 6.45) is 4.22. The van der Waals surface area contributed by atoms with Gasteiger partial charge in [0, 0.05) is 26.2 Å². The van der Waals surface area contributed by atoms with E-state index < -0.39 is 0 Å². The average molecular weight is 337 g/mol. The van der Waals surface area contributed by atoms with Gasteiger partial charge in [0.1, 0.15) is 0 Å². The van der Waals surface area contributed by atoms with Gasteiger partial charge in [-0.1, -0.05) is 18.2 Å². The van der Waals surface area contributed by atoms with E-state index in [9.17, 15) is 0 Å². The van der Waals surface area contributed by atoms with Gasteiger partial charge in [0.05, 0.1) is 18.9 Å². The number of hydrazone groups is 1. The lowest BCUT2D eigenvalue weighted by atomic mass is 9.85. The maximum Gasteiger partial charge on any atom is 0.187 e. The molecule has 1 aliphatic carbocycles. The number of morpholine rings is 1. The van der Waals surface area contributed by atoms with Crippen molar-refractivity contribution in [3.05, 3.63) is 23.8 Å². The van der Waals surface area contributed by atoms with Crippen molar-refractivity contribution in [1.29, 1.82) is 0 Å². The van der Waals surface area contributed by atoms with Crippen LogP contribution in [0.1, 0.15) is 26.7 Å². The van der Waals surface area contributed by atoms with Crippen LogP contribution < -0.4 is 10.7 Å². The van der Waals surface area contributed by atoms with Crippen LogP contribution in [-0.4, -0.2) is 55.1 Å². The number of hydrogen-bond donors (Lipinski definition) is 2. The second kappa shape index (κ2) is 9.15. The van der Waals surface area contributed by atoms with Crippen molar-refractivity contribution in [2.24, 2.45) is 11.0 Å². The van der Waals surface area contributed by atoms with Crippen LogP contribution in [0.3, 0.4) is 0 Å². The fourth-order valence-electron chi connectivity index (χ4n) is 2.73. The monoisotopic (exact) mass is 336 g/mol. The zero-order chi connectivity index (χ0) is 16.7. The first kappa shape index (κ1) is 18.1. The van der Waals surface area contributed by atoms with Crippen LogP contribution in [0.2, 0.25) is 0 Å². The van der Waals surface area contributed by atoms with Gasteiger partial charge in [-0.15, -0.1) is 0 Å². The van der Waals surface area contributed by atoms with Gasteiger partial charge < -0.3 is 10.1 Å². The number of nitrogens with one attached hydrogen (secondary N) is 2. The molecule has 0 aromatic heterocycles. The molecule has 2 aliphatic rings. The molecule has 2 N–H and O–H groups in total. The highest BCUT2D eigenvalue weighted by Crippen LogP contribution is 2.26. The summed E-state index contributed by atoms with van der Waals surface area (Å²) < 4.78 is 5.34. The first-order valence-electron chi connectivity index (χ1n) is 8.29. The van der Waals surface area contributed by atoms with E-state index in [0.717, 1.165) is 57.9 Å². The normalized spacial score (nSPS) is 24.2. The molecule has 1 fully saturated rings. The number of hydrogen-bond acceptors (Lipinski definition) is 4. The highest BCUT2D eigenvalue weighted by molar-refractivity contribution is 7.80. The highest BCUT2D eigenvalue weighted by Gasteiger charge is 2.18. The molecule has 2 rings (SSSR count). The van der Waals surface area contributed by atoms with Gasteiger partial charge in [-0.05, 0) is 50.4 Å². The van der Waals surface area contributed by atoms with Gasteiger partial charge in [-0.2, -0.15) is 5.10 Å². The van der Waals surface area contributed by atoms with Crippen molar-refractivity contribution in [2.45, 2.75) is 26.7 Å². The van der Waals surface area contributed by atoms with Crippen LogP contribution in [0.25, 0.3) is 0 Å². The molecule has 6 heteroatoms. The Bertz CT molecular complexity index is 495. The molecule has 1 heterocycles. The minimum Gasteiger partial charge on any atom is -0.379 e. The van der Waals surface area contributed by atoms with E-state index >= 15 is 0 Å². The molecular weight excluding hydrogens is 308 g/mol. The van der Waals surface area contributed by atoms with Gasteiger partial charge >= 0.3 is 0 Å². The van der Waals surface area contributed by atoms with E-state index in [1.54, 1.807) is 0 Å². The predicted molar refractivity (Wildman–Crippen MR) is 99.7 cm³/mol. The summed E-state index contributed by atoms with van der Waals surface area (Å²) in [5.74, 6) is 0.488. The Morgan fingerprint density at radius 1 is 1.48 bits per heavy atom. The quantitative estimate of drug-likeness (QED) is 0.457. The second-order valence-electron chi connectivity index (χ2n) is 6.25.